The van der Waals surface area contributed by atoms with Crippen molar-refractivity contribution >= 4 is 5.97 Å². The molecule has 0 radical (unpaired) electrons. The first-order valence-electron chi connectivity index (χ1n) is 5.74. The van der Waals surface area contributed by atoms with Gasteiger partial charge in [-0.2, -0.15) is 0 Å². The Kier molecular flexibility index (Phi) is 4.54. The Morgan fingerprint density at radius 1 is 1.47 bits per heavy atom. The van der Waals surface area contributed by atoms with Crippen LogP contribution in [-0.2, 0) is 4.79 Å². The van der Waals surface area contributed by atoms with Crippen molar-refractivity contribution in [1.82, 2.24) is 9.80 Å². The van der Waals surface area contributed by atoms with Gasteiger partial charge >= 0.3 is 5.97 Å². The van der Waals surface area contributed by atoms with Gasteiger partial charge in [0.25, 0.3) is 0 Å². The molecule has 1 aliphatic rings. The topological polar surface area (TPSA) is 43.8 Å². The molecule has 0 aliphatic carbocycles. The average molecular weight is 214 g/mol. The maximum absolute atomic E-state index is 10.8. The molecular weight excluding hydrogens is 192 g/mol. The predicted molar refractivity (Wildman–Crippen MR) is 60.0 cm³/mol. The van der Waals surface area contributed by atoms with Crippen LogP contribution in [0.2, 0.25) is 0 Å². The summed E-state index contributed by atoms with van der Waals surface area (Å²) < 4.78 is 0. The van der Waals surface area contributed by atoms with Gasteiger partial charge in [0.1, 0.15) is 0 Å². The molecule has 0 bridgehead atoms. The minimum atomic E-state index is -0.691. The summed E-state index contributed by atoms with van der Waals surface area (Å²) in [6, 6.07) is 0.698. The van der Waals surface area contributed by atoms with Gasteiger partial charge in [-0.1, -0.05) is 6.92 Å². The van der Waals surface area contributed by atoms with Crippen LogP contribution in [0.15, 0.2) is 0 Å². The van der Waals surface area contributed by atoms with Gasteiger partial charge < -0.3 is 5.11 Å². The zero-order chi connectivity index (χ0) is 11.4. The van der Waals surface area contributed by atoms with Crippen LogP contribution in [0.5, 0.6) is 0 Å². The third kappa shape index (κ3) is 3.47. The minimum absolute atomic E-state index is 0.184. The fraction of sp³-hybridized carbons (Fsp3) is 0.909. The lowest BCUT2D eigenvalue weighted by Crippen LogP contribution is -2.55. The second kappa shape index (κ2) is 5.47. The molecule has 0 saturated carbocycles. The number of hydrogen-bond acceptors (Lipinski definition) is 3. The lowest BCUT2D eigenvalue weighted by Gasteiger charge is -2.42. The smallest absolute Gasteiger partial charge is 0.304 e. The fourth-order valence-electron chi connectivity index (χ4n) is 2.20. The second-order valence-corrected chi connectivity index (χ2v) is 4.47. The Morgan fingerprint density at radius 2 is 2.13 bits per heavy atom. The van der Waals surface area contributed by atoms with E-state index in [4.69, 9.17) is 5.11 Å². The molecule has 88 valence electrons. The van der Waals surface area contributed by atoms with E-state index < -0.39 is 5.97 Å². The number of rotatable bonds is 4. The quantitative estimate of drug-likeness (QED) is 0.754. The molecule has 1 rings (SSSR count). The Hall–Kier alpha value is -0.610. The van der Waals surface area contributed by atoms with Crippen molar-refractivity contribution in [3.05, 3.63) is 0 Å². The predicted octanol–water partition coefficient (Wildman–Crippen LogP) is 0.876. The Labute approximate surface area is 91.9 Å². The lowest BCUT2D eigenvalue weighted by atomic mass is 10.1. The van der Waals surface area contributed by atoms with E-state index in [1.54, 1.807) is 0 Å². The lowest BCUT2D eigenvalue weighted by molar-refractivity contribution is -0.139. The third-order valence-electron chi connectivity index (χ3n) is 3.18. The van der Waals surface area contributed by atoms with Crippen LogP contribution in [0.1, 0.15) is 27.2 Å². The zero-order valence-corrected chi connectivity index (χ0v) is 9.94. The van der Waals surface area contributed by atoms with Crippen molar-refractivity contribution in [1.29, 1.82) is 0 Å². The van der Waals surface area contributed by atoms with Crippen molar-refractivity contribution < 1.29 is 9.90 Å². The number of hydrogen-bond donors (Lipinski definition) is 1. The number of carboxylic acids is 1. The maximum atomic E-state index is 10.8. The van der Waals surface area contributed by atoms with E-state index >= 15 is 0 Å². The molecular formula is C11H22N2O2. The molecule has 1 fully saturated rings. The van der Waals surface area contributed by atoms with Crippen LogP contribution in [0.3, 0.4) is 0 Å². The van der Waals surface area contributed by atoms with Gasteiger partial charge in [0, 0.05) is 31.7 Å². The highest BCUT2D eigenvalue weighted by molar-refractivity contribution is 5.67. The van der Waals surface area contributed by atoms with E-state index in [9.17, 15) is 4.79 Å². The maximum Gasteiger partial charge on any atom is 0.304 e. The van der Waals surface area contributed by atoms with Crippen LogP contribution in [0.4, 0.5) is 0 Å². The van der Waals surface area contributed by atoms with E-state index in [0.29, 0.717) is 6.04 Å². The number of carbonyl (C=O) groups is 1. The molecule has 15 heavy (non-hydrogen) atoms. The average Bonchev–Trinajstić information content (AvgIpc) is 2.16. The van der Waals surface area contributed by atoms with Crippen molar-refractivity contribution in [2.45, 2.75) is 39.3 Å². The Morgan fingerprint density at radius 3 is 2.60 bits per heavy atom. The Balaban J connectivity index is 2.56. The van der Waals surface area contributed by atoms with Gasteiger partial charge in [-0.25, -0.2) is 0 Å². The summed E-state index contributed by atoms with van der Waals surface area (Å²) >= 11 is 0. The normalized spacial score (nSPS) is 24.7. The van der Waals surface area contributed by atoms with Gasteiger partial charge in [0.2, 0.25) is 0 Å². The number of likely N-dealkylation sites (N-methyl/N-ethyl adjacent to an activating group) is 1. The molecule has 0 spiro atoms. The molecule has 1 aliphatic heterocycles. The summed E-state index contributed by atoms with van der Waals surface area (Å²) in [5, 5.41) is 8.86. The highest BCUT2D eigenvalue weighted by atomic mass is 16.4. The molecule has 1 heterocycles. The van der Waals surface area contributed by atoms with Gasteiger partial charge in [0.15, 0.2) is 0 Å². The SMILES string of the molecule is CCN1CCN(C(C)C)CC1CC(=O)O. The number of carboxylic acid groups (broad SMARTS) is 1. The largest absolute Gasteiger partial charge is 0.481 e. The van der Waals surface area contributed by atoms with Crippen LogP contribution >= 0.6 is 0 Å². The highest BCUT2D eigenvalue weighted by Crippen LogP contribution is 2.14. The van der Waals surface area contributed by atoms with Gasteiger partial charge in [-0.15, -0.1) is 0 Å². The van der Waals surface area contributed by atoms with Crippen LogP contribution in [0, 0.1) is 0 Å². The van der Waals surface area contributed by atoms with Gasteiger partial charge in [0.05, 0.1) is 6.42 Å². The molecule has 1 N–H and O–H groups in total. The molecule has 0 aromatic heterocycles. The van der Waals surface area contributed by atoms with Crippen LogP contribution in [0.25, 0.3) is 0 Å². The Bertz CT molecular complexity index is 219. The summed E-state index contributed by atoms with van der Waals surface area (Å²) in [5.74, 6) is -0.691. The van der Waals surface area contributed by atoms with Crippen LogP contribution < -0.4 is 0 Å². The van der Waals surface area contributed by atoms with Crippen LogP contribution in [-0.4, -0.2) is 59.1 Å². The third-order valence-corrected chi connectivity index (χ3v) is 3.18. The van der Waals surface area contributed by atoms with E-state index in [1.807, 2.05) is 0 Å². The number of piperazine rings is 1. The van der Waals surface area contributed by atoms with Gasteiger partial charge in [-0.3, -0.25) is 14.6 Å². The van der Waals surface area contributed by atoms with E-state index in [2.05, 4.69) is 30.6 Å². The summed E-state index contributed by atoms with van der Waals surface area (Å²) in [6.07, 6.45) is 0.261. The fourth-order valence-corrected chi connectivity index (χ4v) is 2.20. The first kappa shape index (κ1) is 12.5. The standard InChI is InChI=1S/C11H22N2O2/c1-4-12-5-6-13(9(2)3)8-10(12)7-11(14)15/h9-10H,4-8H2,1-3H3,(H,14,15). The summed E-state index contributed by atoms with van der Waals surface area (Å²) in [5.41, 5.74) is 0. The summed E-state index contributed by atoms with van der Waals surface area (Å²) in [6.45, 7) is 10.3. The molecule has 4 heteroatoms. The van der Waals surface area contributed by atoms with E-state index in [0.717, 1.165) is 26.2 Å². The second-order valence-electron chi connectivity index (χ2n) is 4.47. The van der Waals surface area contributed by atoms with Crippen molar-refractivity contribution in [2.75, 3.05) is 26.2 Å². The number of nitrogens with zero attached hydrogens (tertiary/aromatic N) is 2. The van der Waals surface area contributed by atoms with Crippen molar-refractivity contribution in [3.63, 3.8) is 0 Å². The van der Waals surface area contributed by atoms with Crippen molar-refractivity contribution in [2.24, 2.45) is 0 Å². The molecule has 1 saturated heterocycles. The molecule has 0 aromatic carbocycles. The highest BCUT2D eigenvalue weighted by Gasteiger charge is 2.28. The van der Waals surface area contributed by atoms with Crippen molar-refractivity contribution in [3.8, 4) is 0 Å². The molecule has 0 amide bonds. The number of aliphatic carboxylic acids is 1. The first-order valence-corrected chi connectivity index (χ1v) is 5.74. The summed E-state index contributed by atoms with van der Waals surface area (Å²) in [4.78, 5) is 15.4. The summed E-state index contributed by atoms with van der Waals surface area (Å²) in [7, 11) is 0. The minimum Gasteiger partial charge on any atom is -0.481 e. The zero-order valence-electron chi connectivity index (χ0n) is 9.94. The van der Waals surface area contributed by atoms with E-state index in [-0.39, 0.29) is 12.5 Å². The van der Waals surface area contributed by atoms with Gasteiger partial charge in [-0.05, 0) is 20.4 Å². The molecule has 1 atom stereocenters. The molecule has 0 aromatic rings. The molecule has 1 unspecified atom stereocenters. The molecule has 4 nitrogen and oxygen atoms in total. The first-order chi connectivity index (χ1) is 7.04. The van der Waals surface area contributed by atoms with E-state index in [1.165, 1.54) is 0 Å². The monoisotopic (exact) mass is 214 g/mol.